The molecule has 1 unspecified atom stereocenters. The number of hydrogen-bond donors (Lipinski definition) is 1. The zero-order valence-corrected chi connectivity index (χ0v) is 11.9. The van der Waals surface area contributed by atoms with Gasteiger partial charge in [0.25, 0.3) is 0 Å². The standard InChI is InChI=1S/C16H21NO3/c1-2-20-14(18)15(7-8-15)12-3-5-13(6-4-12)16(17)9-10-19-11-16/h3-6H,2,7-11,17H2,1H3. The maximum atomic E-state index is 12.1. The van der Waals surface area contributed by atoms with Gasteiger partial charge in [0.2, 0.25) is 0 Å². The molecule has 2 N–H and O–H groups in total. The molecule has 4 nitrogen and oxygen atoms in total. The van der Waals surface area contributed by atoms with E-state index in [2.05, 4.69) is 0 Å². The van der Waals surface area contributed by atoms with Gasteiger partial charge in [-0.05, 0) is 37.3 Å². The number of carbonyl (C=O) groups excluding carboxylic acids is 1. The molecule has 0 amide bonds. The van der Waals surface area contributed by atoms with E-state index >= 15 is 0 Å². The van der Waals surface area contributed by atoms with Crippen LogP contribution in [0.25, 0.3) is 0 Å². The molecular formula is C16H21NO3. The van der Waals surface area contributed by atoms with E-state index < -0.39 is 5.41 Å². The molecule has 4 heteroatoms. The molecule has 0 bridgehead atoms. The van der Waals surface area contributed by atoms with Gasteiger partial charge in [0.15, 0.2) is 0 Å². The third-order valence-electron chi connectivity index (χ3n) is 4.48. The molecule has 2 aliphatic rings. The maximum Gasteiger partial charge on any atom is 0.316 e. The first-order chi connectivity index (χ1) is 9.61. The van der Waals surface area contributed by atoms with Crippen LogP contribution in [-0.4, -0.2) is 25.8 Å². The van der Waals surface area contributed by atoms with Gasteiger partial charge in [-0.3, -0.25) is 4.79 Å². The van der Waals surface area contributed by atoms with Crippen LogP contribution in [0.5, 0.6) is 0 Å². The highest BCUT2D eigenvalue weighted by atomic mass is 16.5. The third kappa shape index (κ3) is 2.13. The lowest BCUT2D eigenvalue weighted by atomic mass is 9.87. The SMILES string of the molecule is CCOC(=O)C1(c2ccc(C3(N)CCOC3)cc2)CC1. The minimum absolute atomic E-state index is 0.0978. The van der Waals surface area contributed by atoms with E-state index in [9.17, 15) is 4.79 Å². The summed E-state index contributed by atoms with van der Waals surface area (Å²) in [5.41, 5.74) is 7.70. The van der Waals surface area contributed by atoms with E-state index in [0.717, 1.165) is 30.4 Å². The Kier molecular flexibility index (Phi) is 3.30. The van der Waals surface area contributed by atoms with Gasteiger partial charge >= 0.3 is 5.97 Å². The van der Waals surface area contributed by atoms with E-state index in [4.69, 9.17) is 15.2 Å². The van der Waals surface area contributed by atoms with Gasteiger partial charge in [0, 0.05) is 6.61 Å². The summed E-state index contributed by atoms with van der Waals surface area (Å²) in [6.45, 7) is 3.55. The van der Waals surface area contributed by atoms with Crippen molar-refractivity contribution in [2.45, 2.75) is 37.1 Å². The molecule has 3 rings (SSSR count). The lowest BCUT2D eigenvalue weighted by Gasteiger charge is -2.23. The lowest BCUT2D eigenvalue weighted by molar-refractivity contribution is -0.146. The molecule has 108 valence electrons. The number of ether oxygens (including phenoxy) is 2. The van der Waals surface area contributed by atoms with Gasteiger partial charge in [-0.25, -0.2) is 0 Å². The van der Waals surface area contributed by atoms with Crippen molar-refractivity contribution in [3.63, 3.8) is 0 Å². The Bertz CT molecular complexity index is 499. The van der Waals surface area contributed by atoms with Crippen LogP contribution in [0.3, 0.4) is 0 Å². The first-order valence-corrected chi connectivity index (χ1v) is 7.26. The minimum Gasteiger partial charge on any atom is -0.465 e. The second kappa shape index (κ2) is 4.86. The molecule has 1 aromatic carbocycles. The summed E-state index contributed by atoms with van der Waals surface area (Å²) in [5, 5.41) is 0. The van der Waals surface area contributed by atoms with E-state index in [1.54, 1.807) is 0 Å². The fourth-order valence-electron chi connectivity index (χ4n) is 2.93. The van der Waals surface area contributed by atoms with Gasteiger partial charge in [0.05, 0.1) is 24.2 Å². The summed E-state index contributed by atoms with van der Waals surface area (Å²) in [6.07, 6.45) is 2.60. The maximum absolute atomic E-state index is 12.1. The van der Waals surface area contributed by atoms with Crippen LogP contribution in [-0.2, 0) is 25.2 Å². The summed E-state index contributed by atoms with van der Waals surface area (Å²) in [6, 6.07) is 8.10. The van der Waals surface area contributed by atoms with Crippen LogP contribution in [0.2, 0.25) is 0 Å². The molecule has 1 aliphatic heterocycles. The van der Waals surface area contributed by atoms with Gasteiger partial charge in [0.1, 0.15) is 0 Å². The van der Waals surface area contributed by atoms with Crippen molar-refractivity contribution in [1.82, 2.24) is 0 Å². The van der Waals surface area contributed by atoms with E-state index in [1.165, 1.54) is 0 Å². The smallest absolute Gasteiger partial charge is 0.316 e. The first kappa shape index (κ1) is 13.6. The predicted octanol–water partition coefficient (Wildman–Crippen LogP) is 1.86. The molecule has 1 saturated heterocycles. The second-order valence-electron chi connectivity index (χ2n) is 5.84. The van der Waals surface area contributed by atoms with Gasteiger partial charge in [-0.1, -0.05) is 24.3 Å². The molecule has 1 heterocycles. The van der Waals surface area contributed by atoms with Crippen LogP contribution in [0.15, 0.2) is 24.3 Å². The number of carbonyl (C=O) groups is 1. The van der Waals surface area contributed by atoms with Crippen LogP contribution in [0.1, 0.15) is 37.3 Å². The van der Waals surface area contributed by atoms with Crippen molar-refractivity contribution in [2.24, 2.45) is 5.73 Å². The minimum atomic E-state index is -0.400. The largest absolute Gasteiger partial charge is 0.465 e. The quantitative estimate of drug-likeness (QED) is 0.852. The molecule has 0 radical (unpaired) electrons. The highest BCUT2D eigenvalue weighted by molar-refractivity contribution is 5.86. The summed E-state index contributed by atoms with van der Waals surface area (Å²) < 4.78 is 10.6. The fraction of sp³-hybridized carbons (Fsp3) is 0.562. The number of nitrogens with two attached hydrogens (primary N) is 1. The molecule has 1 aliphatic carbocycles. The van der Waals surface area contributed by atoms with Crippen molar-refractivity contribution < 1.29 is 14.3 Å². The first-order valence-electron chi connectivity index (χ1n) is 7.26. The van der Waals surface area contributed by atoms with Crippen LogP contribution in [0.4, 0.5) is 0 Å². The summed E-state index contributed by atoms with van der Waals surface area (Å²) >= 11 is 0. The number of rotatable bonds is 4. The van der Waals surface area contributed by atoms with Gasteiger partial charge in [-0.2, -0.15) is 0 Å². The Balaban J connectivity index is 1.81. The molecule has 2 fully saturated rings. The highest BCUT2D eigenvalue weighted by Crippen LogP contribution is 2.49. The number of benzene rings is 1. The Morgan fingerprint density at radius 3 is 2.40 bits per heavy atom. The van der Waals surface area contributed by atoms with Crippen molar-refractivity contribution in [3.05, 3.63) is 35.4 Å². The van der Waals surface area contributed by atoms with Crippen molar-refractivity contribution in [2.75, 3.05) is 19.8 Å². The zero-order valence-electron chi connectivity index (χ0n) is 11.9. The number of esters is 1. The van der Waals surface area contributed by atoms with E-state index in [-0.39, 0.29) is 11.5 Å². The molecule has 0 aromatic heterocycles. The van der Waals surface area contributed by atoms with Crippen molar-refractivity contribution in [3.8, 4) is 0 Å². The average molecular weight is 275 g/mol. The predicted molar refractivity (Wildman–Crippen MR) is 75.3 cm³/mol. The summed E-state index contributed by atoms with van der Waals surface area (Å²) in [4.78, 5) is 12.1. The van der Waals surface area contributed by atoms with Gasteiger partial charge < -0.3 is 15.2 Å². The average Bonchev–Trinajstić information content (AvgIpc) is 3.16. The van der Waals surface area contributed by atoms with Crippen LogP contribution < -0.4 is 5.73 Å². The Morgan fingerprint density at radius 1 is 1.25 bits per heavy atom. The van der Waals surface area contributed by atoms with Crippen molar-refractivity contribution >= 4 is 5.97 Å². The monoisotopic (exact) mass is 275 g/mol. The van der Waals surface area contributed by atoms with Gasteiger partial charge in [-0.15, -0.1) is 0 Å². The Labute approximate surface area is 119 Å². The van der Waals surface area contributed by atoms with Crippen molar-refractivity contribution in [1.29, 1.82) is 0 Å². The molecule has 1 aromatic rings. The molecule has 20 heavy (non-hydrogen) atoms. The second-order valence-corrected chi connectivity index (χ2v) is 5.84. The molecule has 1 saturated carbocycles. The lowest BCUT2D eigenvalue weighted by Crippen LogP contribution is -2.37. The van der Waals surface area contributed by atoms with Crippen LogP contribution >= 0.6 is 0 Å². The van der Waals surface area contributed by atoms with E-state index in [1.807, 2.05) is 31.2 Å². The summed E-state index contributed by atoms with van der Waals surface area (Å²) in [5.74, 6) is -0.0978. The fourth-order valence-corrected chi connectivity index (χ4v) is 2.93. The zero-order chi connectivity index (χ0) is 14.2. The third-order valence-corrected chi connectivity index (χ3v) is 4.48. The molecule has 0 spiro atoms. The Morgan fingerprint density at radius 2 is 1.90 bits per heavy atom. The summed E-state index contributed by atoms with van der Waals surface area (Å²) in [7, 11) is 0. The highest BCUT2D eigenvalue weighted by Gasteiger charge is 2.52. The van der Waals surface area contributed by atoms with E-state index in [0.29, 0.717) is 19.8 Å². The molecular weight excluding hydrogens is 254 g/mol. The topological polar surface area (TPSA) is 61.5 Å². The Hall–Kier alpha value is -1.39. The number of hydrogen-bond acceptors (Lipinski definition) is 4. The molecule has 1 atom stereocenters. The van der Waals surface area contributed by atoms with Crippen LogP contribution in [0, 0.1) is 0 Å². The normalized spacial score (nSPS) is 27.3.